The van der Waals surface area contributed by atoms with Gasteiger partial charge in [-0.25, -0.2) is 0 Å². The van der Waals surface area contributed by atoms with E-state index in [4.69, 9.17) is 4.98 Å². The Hall–Kier alpha value is -0.890. The molecule has 0 unspecified atom stereocenters. The second kappa shape index (κ2) is 5.44. The molecule has 0 spiro atoms. The van der Waals surface area contributed by atoms with Gasteiger partial charge in [-0.15, -0.1) is 0 Å². The van der Waals surface area contributed by atoms with E-state index in [0.717, 1.165) is 6.54 Å². The van der Waals surface area contributed by atoms with Crippen LogP contribution in [0.5, 0.6) is 0 Å². The Bertz CT molecular complexity index is 341. The van der Waals surface area contributed by atoms with E-state index in [1.807, 2.05) is 0 Å². The lowest BCUT2D eigenvalue weighted by Gasteiger charge is -2.17. The van der Waals surface area contributed by atoms with Gasteiger partial charge in [0.15, 0.2) is 0 Å². The number of hydrogen-bond donors (Lipinski definition) is 0. The highest BCUT2D eigenvalue weighted by Crippen LogP contribution is 2.22. The normalized spacial score (nSPS) is 11.8. The maximum Gasteiger partial charge on any atom is 0.0581 e. The number of nitrogens with zero attached hydrogens (tertiary/aromatic N) is 2. The quantitative estimate of drug-likeness (QED) is 0.773. The average molecular weight is 220 g/mol. The molecule has 16 heavy (non-hydrogen) atoms. The Kier molecular flexibility index (Phi) is 4.48. The molecule has 1 heterocycles. The molecule has 1 aromatic heterocycles. The molecule has 0 fully saturated rings. The van der Waals surface area contributed by atoms with E-state index in [0.29, 0.717) is 11.8 Å². The van der Waals surface area contributed by atoms with Crippen LogP contribution in [0.15, 0.2) is 12.1 Å². The molecule has 1 aromatic rings. The highest BCUT2D eigenvalue weighted by atomic mass is 15.1. The molecular formula is C14H24N2. The van der Waals surface area contributed by atoms with Gasteiger partial charge in [-0.05, 0) is 37.6 Å². The van der Waals surface area contributed by atoms with Crippen molar-refractivity contribution >= 4 is 0 Å². The van der Waals surface area contributed by atoms with E-state index in [2.05, 4.69) is 58.8 Å². The topological polar surface area (TPSA) is 16.1 Å². The fourth-order valence-electron chi connectivity index (χ4n) is 1.80. The minimum Gasteiger partial charge on any atom is -0.304 e. The molecule has 0 saturated carbocycles. The van der Waals surface area contributed by atoms with E-state index in [-0.39, 0.29) is 0 Å². The third-order valence-corrected chi connectivity index (χ3v) is 2.71. The van der Waals surface area contributed by atoms with Crippen molar-refractivity contribution in [3.8, 4) is 0 Å². The molecule has 0 radical (unpaired) electrons. The highest BCUT2D eigenvalue weighted by Gasteiger charge is 2.11. The van der Waals surface area contributed by atoms with Crippen LogP contribution in [0.25, 0.3) is 0 Å². The van der Waals surface area contributed by atoms with E-state index in [1.54, 1.807) is 0 Å². The van der Waals surface area contributed by atoms with Gasteiger partial charge in [0.25, 0.3) is 0 Å². The van der Waals surface area contributed by atoms with Gasteiger partial charge in [0.1, 0.15) is 0 Å². The molecule has 0 aliphatic rings. The first-order chi connectivity index (χ1) is 7.41. The highest BCUT2D eigenvalue weighted by molar-refractivity contribution is 5.27. The minimum absolute atomic E-state index is 0.502. The molecule has 2 nitrogen and oxygen atoms in total. The molecule has 0 saturated heterocycles. The van der Waals surface area contributed by atoms with E-state index < -0.39 is 0 Å². The van der Waals surface area contributed by atoms with Gasteiger partial charge < -0.3 is 4.90 Å². The summed E-state index contributed by atoms with van der Waals surface area (Å²) in [6.45, 7) is 9.76. The summed E-state index contributed by atoms with van der Waals surface area (Å²) in [7, 11) is 4.18. The summed E-state index contributed by atoms with van der Waals surface area (Å²) in [5, 5.41) is 0. The lowest BCUT2D eigenvalue weighted by atomic mass is 9.99. The minimum atomic E-state index is 0.502. The molecule has 0 bridgehead atoms. The molecule has 1 rings (SSSR count). The predicted molar refractivity (Wildman–Crippen MR) is 69.8 cm³/mol. The first-order valence-electron chi connectivity index (χ1n) is 6.06. The van der Waals surface area contributed by atoms with Crippen LogP contribution in [0.4, 0.5) is 0 Å². The molecule has 0 N–H and O–H groups in total. The number of aromatic nitrogens is 1. The third-order valence-electron chi connectivity index (χ3n) is 2.71. The van der Waals surface area contributed by atoms with Gasteiger partial charge >= 0.3 is 0 Å². The van der Waals surface area contributed by atoms with Crippen molar-refractivity contribution in [3.05, 3.63) is 29.1 Å². The van der Waals surface area contributed by atoms with Crippen molar-refractivity contribution in [3.63, 3.8) is 0 Å². The number of hydrogen-bond acceptors (Lipinski definition) is 2. The molecule has 90 valence electrons. The molecule has 0 amide bonds. The van der Waals surface area contributed by atoms with E-state index in [9.17, 15) is 0 Å². The number of pyridine rings is 1. The van der Waals surface area contributed by atoms with E-state index in [1.165, 1.54) is 17.0 Å². The van der Waals surface area contributed by atoms with Gasteiger partial charge in [0.05, 0.1) is 5.69 Å². The van der Waals surface area contributed by atoms with Gasteiger partial charge in [-0.3, -0.25) is 4.98 Å². The van der Waals surface area contributed by atoms with Crippen LogP contribution < -0.4 is 0 Å². The van der Waals surface area contributed by atoms with Crippen LogP contribution in [0.3, 0.4) is 0 Å². The first-order valence-corrected chi connectivity index (χ1v) is 6.06. The molecular weight excluding hydrogens is 196 g/mol. The smallest absolute Gasteiger partial charge is 0.0581 e. The number of rotatable bonds is 4. The maximum absolute atomic E-state index is 4.79. The Morgan fingerprint density at radius 1 is 1.06 bits per heavy atom. The zero-order valence-electron chi connectivity index (χ0n) is 11.4. The summed E-state index contributed by atoms with van der Waals surface area (Å²) < 4.78 is 0. The van der Waals surface area contributed by atoms with Crippen LogP contribution in [-0.2, 0) is 6.54 Å². The SMILES string of the molecule is CC(C)c1ccc(C(C)C)c(CN(C)C)n1. The lowest BCUT2D eigenvalue weighted by Crippen LogP contribution is -2.15. The molecule has 0 atom stereocenters. The third kappa shape index (κ3) is 3.31. The Labute approximate surface area is 99.7 Å². The average Bonchev–Trinajstić information content (AvgIpc) is 2.15. The summed E-state index contributed by atoms with van der Waals surface area (Å²) in [6.07, 6.45) is 0. The van der Waals surface area contributed by atoms with E-state index >= 15 is 0 Å². The van der Waals surface area contributed by atoms with Gasteiger partial charge in [-0.2, -0.15) is 0 Å². The van der Waals surface area contributed by atoms with Crippen molar-refractivity contribution in [1.82, 2.24) is 9.88 Å². The molecule has 0 aliphatic heterocycles. The predicted octanol–water partition coefficient (Wildman–Crippen LogP) is 3.39. The van der Waals surface area contributed by atoms with Crippen molar-refractivity contribution in [1.29, 1.82) is 0 Å². The Morgan fingerprint density at radius 3 is 2.12 bits per heavy atom. The van der Waals surface area contributed by atoms with Crippen LogP contribution >= 0.6 is 0 Å². The summed E-state index contributed by atoms with van der Waals surface area (Å²) in [5.74, 6) is 1.05. The van der Waals surface area contributed by atoms with Crippen LogP contribution in [0, 0.1) is 0 Å². The second-order valence-corrected chi connectivity index (χ2v) is 5.32. The van der Waals surface area contributed by atoms with Crippen molar-refractivity contribution in [2.45, 2.75) is 46.1 Å². The summed E-state index contributed by atoms with van der Waals surface area (Å²) in [6, 6.07) is 4.41. The Morgan fingerprint density at radius 2 is 1.69 bits per heavy atom. The molecule has 0 aromatic carbocycles. The van der Waals surface area contributed by atoms with Crippen LogP contribution in [0.1, 0.15) is 56.5 Å². The Balaban J connectivity index is 3.10. The largest absolute Gasteiger partial charge is 0.304 e. The maximum atomic E-state index is 4.79. The van der Waals surface area contributed by atoms with Gasteiger partial charge in [-0.1, -0.05) is 33.8 Å². The standard InChI is InChI=1S/C14H24N2/c1-10(2)12-7-8-13(11(3)4)15-14(12)9-16(5)6/h7-8,10-11H,9H2,1-6H3. The fraction of sp³-hybridized carbons (Fsp3) is 0.643. The fourth-order valence-corrected chi connectivity index (χ4v) is 1.80. The zero-order valence-corrected chi connectivity index (χ0v) is 11.4. The van der Waals surface area contributed by atoms with Crippen molar-refractivity contribution < 1.29 is 0 Å². The second-order valence-electron chi connectivity index (χ2n) is 5.32. The lowest BCUT2D eigenvalue weighted by molar-refractivity contribution is 0.393. The molecule has 0 aliphatic carbocycles. The summed E-state index contributed by atoms with van der Waals surface area (Å²) in [4.78, 5) is 6.97. The summed E-state index contributed by atoms with van der Waals surface area (Å²) >= 11 is 0. The summed E-state index contributed by atoms with van der Waals surface area (Å²) in [5.41, 5.74) is 3.80. The monoisotopic (exact) mass is 220 g/mol. The van der Waals surface area contributed by atoms with Crippen molar-refractivity contribution in [2.75, 3.05) is 14.1 Å². The van der Waals surface area contributed by atoms with Crippen LogP contribution in [0.2, 0.25) is 0 Å². The van der Waals surface area contributed by atoms with Crippen LogP contribution in [-0.4, -0.2) is 24.0 Å². The zero-order chi connectivity index (χ0) is 12.3. The van der Waals surface area contributed by atoms with Crippen molar-refractivity contribution in [2.24, 2.45) is 0 Å². The first kappa shape index (κ1) is 13.2. The molecule has 2 heteroatoms. The van der Waals surface area contributed by atoms with Gasteiger partial charge in [0.2, 0.25) is 0 Å². The van der Waals surface area contributed by atoms with Gasteiger partial charge in [0, 0.05) is 12.2 Å².